The second kappa shape index (κ2) is 7.88. The lowest BCUT2D eigenvalue weighted by Gasteiger charge is -2.34. The normalized spacial score (nSPS) is 18.1. The van der Waals surface area contributed by atoms with E-state index in [4.69, 9.17) is 4.74 Å². The summed E-state index contributed by atoms with van der Waals surface area (Å²) < 4.78 is 48.5. The van der Waals surface area contributed by atoms with Crippen molar-refractivity contribution in [3.63, 3.8) is 0 Å². The van der Waals surface area contributed by atoms with Crippen LogP contribution in [-0.2, 0) is 18.3 Å². The van der Waals surface area contributed by atoms with Crippen LogP contribution in [0.15, 0.2) is 42.9 Å². The molecule has 2 aromatic heterocycles. The largest absolute Gasteiger partial charge is 0.573 e. The van der Waals surface area contributed by atoms with Crippen molar-refractivity contribution in [1.82, 2.24) is 24.4 Å². The Hall–Kier alpha value is -2.85. The molecule has 1 aromatic carbocycles. The van der Waals surface area contributed by atoms with Gasteiger partial charge in [-0.05, 0) is 29.8 Å². The molecule has 4 rings (SSSR count). The predicted molar refractivity (Wildman–Crippen MR) is 97.9 cm³/mol. The molecule has 0 bridgehead atoms. The molecule has 1 saturated heterocycles. The second-order valence-corrected chi connectivity index (χ2v) is 6.77. The maximum atomic E-state index is 12.3. The number of benzene rings is 1. The van der Waals surface area contributed by atoms with Gasteiger partial charge in [0.1, 0.15) is 17.4 Å². The molecule has 0 saturated carbocycles. The molecule has 1 atom stereocenters. The Morgan fingerprint density at radius 1 is 1.24 bits per heavy atom. The van der Waals surface area contributed by atoms with E-state index in [0.717, 1.165) is 18.2 Å². The lowest BCUT2D eigenvalue weighted by Crippen LogP contribution is -2.40. The van der Waals surface area contributed by atoms with E-state index in [9.17, 15) is 13.2 Å². The third-order valence-electron chi connectivity index (χ3n) is 4.81. The first kappa shape index (κ1) is 19.5. The van der Waals surface area contributed by atoms with Gasteiger partial charge in [-0.15, -0.1) is 13.2 Å². The smallest absolute Gasteiger partial charge is 0.406 e. The summed E-state index contributed by atoms with van der Waals surface area (Å²) in [5.41, 5.74) is 1.42. The van der Waals surface area contributed by atoms with Crippen LogP contribution in [0.25, 0.3) is 11.3 Å². The van der Waals surface area contributed by atoms with Crippen LogP contribution in [0.5, 0.6) is 5.75 Å². The van der Waals surface area contributed by atoms with Gasteiger partial charge < -0.3 is 19.0 Å². The van der Waals surface area contributed by atoms with Gasteiger partial charge in [0.05, 0.1) is 37.7 Å². The van der Waals surface area contributed by atoms with Gasteiger partial charge in [-0.1, -0.05) is 0 Å². The van der Waals surface area contributed by atoms with E-state index < -0.39 is 6.36 Å². The average Bonchev–Trinajstić information content (AvgIpc) is 3.31. The number of aromatic amines is 1. The van der Waals surface area contributed by atoms with E-state index in [1.807, 2.05) is 17.8 Å². The summed E-state index contributed by atoms with van der Waals surface area (Å²) in [5, 5.41) is 0. The Balaban J connectivity index is 1.50. The topological polar surface area (TPSA) is 68.2 Å². The van der Waals surface area contributed by atoms with Crippen LogP contribution in [-0.4, -0.2) is 50.5 Å². The van der Waals surface area contributed by atoms with Gasteiger partial charge in [0.2, 0.25) is 0 Å². The summed E-state index contributed by atoms with van der Waals surface area (Å²) in [6.45, 7) is 2.54. The maximum Gasteiger partial charge on any atom is 0.573 e. The Kier molecular flexibility index (Phi) is 5.29. The number of imidazole rings is 2. The predicted octanol–water partition coefficient (Wildman–Crippen LogP) is 3.28. The summed E-state index contributed by atoms with van der Waals surface area (Å²) >= 11 is 0. The summed E-state index contributed by atoms with van der Waals surface area (Å²) in [7, 11) is 1.95. The fraction of sp³-hybridized carbons (Fsp3) is 0.368. The zero-order valence-corrected chi connectivity index (χ0v) is 15.7. The first-order chi connectivity index (χ1) is 13.9. The fourth-order valence-corrected chi connectivity index (χ4v) is 3.30. The zero-order chi connectivity index (χ0) is 20.4. The number of rotatable bonds is 5. The number of morpholine rings is 1. The highest BCUT2D eigenvalue weighted by Crippen LogP contribution is 2.28. The van der Waals surface area contributed by atoms with Gasteiger partial charge in [-0.2, -0.15) is 0 Å². The molecular weight excluding hydrogens is 387 g/mol. The molecule has 0 aliphatic carbocycles. The number of nitrogens with one attached hydrogen (secondary N) is 1. The van der Waals surface area contributed by atoms with Crippen molar-refractivity contribution in [3.8, 4) is 17.0 Å². The van der Waals surface area contributed by atoms with E-state index in [-0.39, 0.29) is 11.8 Å². The third kappa shape index (κ3) is 4.60. The van der Waals surface area contributed by atoms with Crippen LogP contribution in [0.1, 0.15) is 17.7 Å². The van der Waals surface area contributed by atoms with Crippen LogP contribution in [0.3, 0.4) is 0 Å². The minimum atomic E-state index is -4.71. The molecule has 1 aliphatic heterocycles. The second-order valence-electron chi connectivity index (χ2n) is 6.77. The lowest BCUT2D eigenvalue weighted by atomic mass is 10.1. The quantitative estimate of drug-likeness (QED) is 0.703. The monoisotopic (exact) mass is 407 g/mol. The summed E-state index contributed by atoms with van der Waals surface area (Å²) in [5.74, 6) is 1.43. The van der Waals surface area contributed by atoms with Crippen molar-refractivity contribution in [2.75, 3.05) is 19.8 Å². The highest BCUT2D eigenvalue weighted by atomic mass is 19.4. The van der Waals surface area contributed by atoms with Crippen molar-refractivity contribution in [2.24, 2.45) is 7.05 Å². The van der Waals surface area contributed by atoms with E-state index in [0.29, 0.717) is 31.0 Å². The van der Waals surface area contributed by atoms with Gasteiger partial charge in [0, 0.05) is 26.0 Å². The minimum Gasteiger partial charge on any atom is -0.406 e. The molecule has 10 heteroatoms. The van der Waals surface area contributed by atoms with Crippen LogP contribution < -0.4 is 4.74 Å². The molecule has 0 unspecified atom stereocenters. The summed E-state index contributed by atoms with van der Waals surface area (Å²) in [4.78, 5) is 14.4. The van der Waals surface area contributed by atoms with E-state index >= 15 is 0 Å². The Morgan fingerprint density at radius 3 is 2.72 bits per heavy atom. The van der Waals surface area contributed by atoms with E-state index in [1.165, 1.54) is 12.1 Å². The molecule has 1 aliphatic rings. The first-order valence-corrected chi connectivity index (χ1v) is 9.08. The van der Waals surface area contributed by atoms with E-state index in [1.54, 1.807) is 24.5 Å². The van der Waals surface area contributed by atoms with Gasteiger partial charge in [0.25, 0.3) is 0 Å². The van der Waals surface area contributed by atoms with E-state index in [2.05, 4.69) is 24.6 Å². The summed E-state index contributed by atoms with van der Waals surface area (Å²) in [6, 6.07) is 5.60. The Morgan fingerprint density at radius 2 is 2.03 bits per heavy atom. The number of hydrogen-bond acceptors (Lipinski definition) is 5. The molecular formula is C19H20F3N5O2. The minimum absolute atomic E-state index is 0.0676. The number of nitrogens with zero attached hydrogens (tertiary/aromatic N) is 4. The lowest BCUT2D eigenvalue weighted by molar-refractivity contribution is -0.274. The molecule has 1 fully saturated rings. The zero-order valence-electron chi connectivity index (χ0n) is 15.7. The van der Waals surface area contributed by atoms with Crippen LogP contribution in [0, 0.1) is 0 Å². The van der Waals surface area contributed by atoms with Crippen molar-refractivity contribution in [3.05, 3.63) is 54.5 Å². The number of halogens is 3. The molecule has 29 heavy (non-hydrogen) atoms. The number of alkyl halides is 3. The molecule has 0 radical (unpaired) electrons. The SMILES string of the molecule is Cn1ccnc1CN1CCOC[C@H]1c1ncc(-c2ccc(OC(F)(F)F)cc2)[nH]1. The number of aryl methyl sites for hydroxylation is 1. The standard InChI is InChI=1S/C19H20F3N5O2/c1-26-7-6-23-17(26)11-27-8-9-28-12-16(27)18-24-10-15(25-18)13-2-4-14(5-3-13)29-19(20,21)22/h2-7,10,16H,8-9,11-12H2,1H3,(H,24,25)/t16-/m0/s1. The Bertz CT molecular complexity index is 951. The van der Waals surface area contributed by atoms with Crippen LogP contribution in [0.4, 0.5) is 13.2 Å². The maximum absolute atomic E-state index is 12.3. The summed E-state index contributed by atoms with van der Waals surface area (Å²) in [6.07, 6.45) is 0.632. The molecule has 1 N–H and O–H groups in total. The highest BCUT2D eigenvalue weighted by molar-refractivity contribution is 5.59. The highest BCUT2D eigenvalue weighted by Gasteiger charge is 2.31. The molecule has 154 valence electrons. The average molecular weight is 407 g/mol. The fourth-order valence-electron chi connectivity index (χ4n) is 3.30. The van der Waals surface area contributed by atoms with Crippen molar-refractivity contribution in [1.29, 1.82) is 0 Å². The Labute approximate surface area is 165 Å². The van der Waals surface area contributed by atoms with Gasteiger partial charge >= 0.3 is 6.36 Å². The molecule has 7 nitrogen and oxygen atoms in total. The number of ether oxygens (including phenoxy) is 2. The number of H-pyrrole nitrogens is 1. The molecule has 3 aromatic rings. The van der Waals surface area contributed by atoms with Crippen molar-refractivity contribution >= 4 is 0 Å². The van der Waals surface area contributed by atoms with Crippen molar-refractivity contribution < 1.29 is 22.6 Å². The first-order valence-electron chi connectivity index (χ1n) is 9.08. The molecule has 3 heterocycles. The number of aromatic nitrogens is 4. The van der Waals surface area contributed by atoms with Crippen molar-refractivity contribution in [2.45, 2.75) is 18.9 Å². The third-order valence-corrected chi connectivity index (χ3v) is 4.81. The molecule has 0 spiro atoms. The van der Waals surface area contributed by atoms with Gasteiger partial charge in [-0.25, -0.2) is 9.97 Å². The van der Waals surface area contributed by atoms with Gasteiger partial charge in [-0.3, -0.25) is 4.90 Å². The number of hydrogen-bond donors (Lipinski definition) is 1. The van der Waals surface area contributed by atoms with Crippen LogP contribution >= 0.6 is 0 Å². The molecule has 0 amide bonds. The van der Waals surface area contributed by atoms with Crippen LogP contribution in [0.2, 0.25) is 0 Å². The van der Waals surface area contributed by atoms with Gasteiger partial charge in [0.15, 0.2) is 0 Å².